The zero-order valence-electron chi connectivity index (χ0n) is 19.9. The topological polar surface area (TPSA) is 93.0 Å². The van der Waals surface area contributed by atoms with Gasteiger partial charge in [-0.2, -0.15) is 0 Å². The van der Waals surface area contributed by atoms with E-state index < -0.39 is 29.2 Å². The highest BCUT2D eigenvalue weighted by molar-refractivity contribution is 6.01. The molecule has 2 aromatic heterocycles. The highest BCUT2D eigenvalue weighted by atomic mass is 19.1. The molecule has 2 heterocycles. The molecule has 35 heavy (non-hydrogen) atoms. The lowest BCUT2D eigenvalue weighted by Crippen LogP contribution is -2.51. The Kier molecular flexibility index (Phi) is 6.86. The van der Waals surface area contributed by atoms with Gasteiger partial charge in [0.05, 0.1) is 11.2 Å². The van der Waals surface area contributed by atoms with Crippen molar-refractivity contribution in [1.82, 2.24) is 25.3 Å². The van der Waals surface area contributed by atoms with E-state index in [1.807, 2.05) is 32.9 Å². The van der Waals surface area contributed by atoms with Gasteiger partial charge in [-0.05, 0) is 50.6 Å². The molecule has 0 saturated carbocycles. The Labute approximate surface area is 202 Å². The molecule has 0 aliphatic rings. The molecular weight excluding hydrogens is 447 g/mol. The third kappa shape index (κ3) is 5.18. The number of hydrogen-bond acceptors (Lipinski definition) is 5. The van der Waals surface area contributed by atoms with E-state index in [0.29, 0.717) is 23.0 Å². The number of amides is 2. The van der Waals surface area contributed by atoms with Crippen LogP contribution < -0.4 is 10.2 Å². The molecule has 4 rings (SSSR count). The number of fused-ring (bicyclic) bond motifs is 1. The first kappa shape index (κ1) is 24.0. The van der Waals surface area contributed by atoms with Gasteiger partial charge in [0.2, 0.25) is 11.8 Å². The maximum absolute atomic E-state index is 15.1. The van der Waals surface area contributed by atoms with Gasteiger partial charge in [0, 0.05) is 23.5 Å². The molecule has 1 atom stereocenters. The number of nitrogens with one attached hydrogen (secondary N) is 1. The third-order valence-corrected chi connectivity index (χ3v) is 5.94. The van der Waals surface area contributed by atoms with Crippen LogP contribution in [0.15, 0.2) is 73.1 Å². The molecule has 0 radical (unpaired) electrons. The van der Waals surface area contributed by atoms with Crippen molar-refractivity contribution in [3.63, 3.8) is 0 Å². The van der Waals surface area contributed by atoms with E-state index in [2.05, 4.69) is 20.6 Å². The summed E-state index contributed by atoms with van der Waals surface area (Å²) in [6, 6.07) is 15.3. The van der Waals surface area contributed by atoms with E-state index in [1.54, 1.807) is 36.5 Å². The average molecular weight is 475 g/mol. The minimum atomic E-state index is -1.16. The van der Waals surface area contributed by atoms with Crippen LogP contribution in [0.2, 0.25) is 0 Å². The van der Waals surface area contributed by atoms with Crippen molar-refractivity contribution in [2.75, 3.05) is 4.90 Å². The second kappa shape index (κ2) is 10.0. The first-order valence-electron chi connectivity index (χ1n) is 11.4. The molecule has 2 aromatic carbocycles. The summed E-state index contributed by atoms with van der Waals surface area (Å²) in [5.41, 5.74) is 1.19. The standard InChI is InChI=1S/C26H27FN6O2/c1-4-26(2,3)29-25(35)24(18-10-9-15-28-16-18)33(21-13-7-5-11-19(21)27)23(34)17-32-22-14-8-6-12-20(22)30-31-32/h5-16,24H,4,17H2,1-3H3,(H,29,35)/t24-/m0/s1. The van der Waals surface area contributed by atoms with Gasteiger partial charge >= 0.3 is 0 Å². The maximum atomic E-state index is 15.1. The summed E-state index contributed by atoms with van der Waals surface area (Å²) in [6.07, 6.45) is 3.75. The van der Waals surface area contributed by atoms with Crippen LogP contribution in [0.25, 0.3) is 11.0 Å². The molecule has 180 valence electrons. The SMILES string of the molecule is CCC(C)(C)NC(=O)[C@H](c1cccnc1)N(C(=O)Cn1nnc2ccccc21)c1ccccc1F. The van der Waals surface area contributed by atoms with Gasteiger partial charge in [0.15, 0.2) is 0 Å². The summed E-state index contributed by atoms with van der Waals surface area (Å²) in [5.74, 6) is -1.59. The van der Waals surface area contributed by atoms with Crippen LogP contribution in [0.5, 0.6) is 0 Å². The number of nitrogens with zero attached hydrogens (tertiary/aromatic N) is 5. The summed E-state index contributed by atoms with van der Waals surface area (Å²) in [6.45, 7) is 5.50. The number of anilines is 1. The Bertz CT molecular complexity index is 1340. The molecule has 9 heteroatoms. The van der Waals surface area contributed by atoms with E-state index >= 15 is 4.39 Å². The summed E-state index contributed by atoms with van der Waals surface area (Å²) in [4.78, 5) is 32.8. The highest BCUT2D eigenvalue weighted by Crippen LogP contribution is 2.31. The number of aromatic nitrogens is 4. The van der Waals surface area contributed by atoms with Crippen LogP contribution >= 0.6 is 0 Å². The van der Waals surface area contributed by atoms with E-state index in [1.165, 1.54) is 34.0 Å². The van der Waals surface area contributed by atoms with Gasteiger partial charge in [0.25, 0.3) is 0 Å². The van der Waals surface area contributed by atoms with Gasteiger partial charge in [-0.25, -0.2) is 9.07 Å². The molecule has 2 amide bonds. The van der Waals surface area contributed by atoms with Crippen molar-refractivity contribution < 1.29 is 14.0 Å². The minimum Gasteiger partial charge on any atom is -0.349 e. The molecule has 0 aliphatic carbocycles. The number of para-hydroxylation sites is 2. The van der Waals surface area contributed by atoms with E-state index in [-0.39, 0.29) is 12.2 Å². The lowest BCUT2D eigenvalue weighted by atomic mass is 9.99. The van der Waals surface area contributed by atoms with Crippen molar-refractivity contribution >= 4 is 28.5 Å². The smallest absolute Gasteiger partial charge is 0.249 e. The van der Waals surface area contributed by atoms with Gasteiger partial charge in [-0.3, -0.25) is 19.5 Å². The Balaban J connectivity index is 1.82. The Hall–Kier alpha value is -4.14. The molecule has 0 unspecified atom stereocenters. The fraction of sp³-hybridized carbons (Fsp3) is 0.269. The minimum absolute atomic E-state index is 0.0137. The van der Waals surface area contributed by atoms with Gasteiger partial charge in [0.1, 0.15) is 23.9 Å². The maximum Gasteiger partial charge on any atom is 0.249 e. The number of halogens is 1. The largest absolute Gasteiger partial charge is 0.349 e. The predicted molar refractivity (Wildman–Crippen MR) is 131 cm³/mol. The second-order valence-electron chi connectivity index (χ2n) is 8.87. The molecule has 0 spiro atoms. The summed E-state index contributed by atoms with van der Waals surface area (Å²) >= 11 is 0. The van der Waals surface area contributed by atoms with Crippen molar-refractivity contribution in [1.29, 1.82) is 0 Å². The zero-order valence-corrected chi connectivity index (χ0v) is 19.9. The lowest BCUT2D eigenvalue weighted by Gasteiger charge is -2.34. The van der Waals surface area contributed by atoms with Crippen molar-refractivity contribution in [3.8, 4) is 0 Å². The molecule has 0 fully saturated rings. The number of carbonyl (C=O) groups is 2. The number of carbonyl (C=O) groups excluding carboxylic acids is 2. The number of hydrogen-bond donors (Lipinski definition) is 1. The van der Waals surface area contributed by atoms with Crippen LogP contribution in [0.3, 0.4) is 0 Å². The van der Waals surface area contributed by atoms with Crippen molar-refractivity contribution in [3.05, 3.63) is 84.4 Å². The van der Waals surface area contributed by atoms with Crippen LogP contribution in [0.1, 0.15) is 38.8 Å². The third-order valence-electron chi connectivity index (χ3n) is 5.94. The fourth-order valence-electron chi connectivity index (χ4n) is 3.75. The average Bonchev–Trinajstić information content (AvgIpc) is 3.26. The molecule has 4 aromatic rings. The van der Waals surface area contributed by atoms with Gasteiger partial charge < -0.3 is 5.32 Å². The molecular formula is C26H27FN6O2. The Morgan fingerprint density at radius 1 is 1.09 bits per heavy atom. The first-order chi connectivity index (χ1) is 16.8. The summed E-state index contributed by atoms with van der Waals surface area (Å²) in [5, 5.41) is 11.2. The Morgan fingerprint density at radius 3 is 2.54 bits per heavy atom. The predicted octanol–water partition coefficient (Wildman–Crippen LogP) is 4.04. The second-order valence-corrected chi connectivity index (χ2v) is 8.87. The van der Waals surface area contributed by atoms with E-state index in [0.717, 1.165) is 0 Å². The van der Waals surface area contributed by atoms with Gasteiger partial charge in [-0.15, -0.1) is 5.10 Å². The van der Waals surface area contributed by atoms with Crippen molar-refractivity contribution in [2.24, 2.45) is 0 Å². The number of pyridine rings is 1. The van der Waals surface area contributed by atoms with Crippen LogP contribution in [0.4, 0.5) is 10.1 Å². The quantitative estimate of drug-likeness (QED) is 0.416. The van der Waals surface area contributed by atoms with E-state index in [4.69, 9.17) is 0 Å². The zero-order chi connectivity index (χ0) is 25.0. The lowest BCUT2D eigenvalue weighted by molar-refractivity contribution is -0.128. The normalized spacial score (nSPS) is 12.3. The Morgan fingerprint density at radius 2 is 1.83 bits per heavy atom. The molecule has 8 nitrogen and oxygen atoms in total. The van der Waals surface area contributed by atoms with Crippen LogP contribution in [0, 0.1) is 5.82 Å². The van der Waals surface area contributed by atoms with Crippen LogP contribution in [-0.2, 0) is 16.1 Å². The highest BCUT2D eigenvalue weighted by Gasteiger charge is 2.36. The molecule has 0 aliphatic heterocycles. The van der Waals surface area contributed by atoms with Crippen LogP contribution in [-0.4, -0.2) is 37.3 Å². The molecule has 1 N–H and O–H groups in total. The number of rotatable bonds is 8. The fourth-order valence-corrected chi connectivity index (χ4v) is 3.75. The summed E-state index contributed by atoms with van der Waals surface area (Å²) in [7, 11) is 0. The number of benzene rings is 2. The summed E-state index contributed by atoms with van der Waals surface area (Å²) < 4.78 is 16.5. The van der Waals surface area contributed by atoms with Gasteiger partial charge in [-0.1, -0.05) is 42.5 Å². The monoisotopic (exact) mass is 474 g/mol. The molecule has 0 saturated heterocycles. The van der Waals surface area contributed by atoms with Crippen molar-refractivity contribution in [2.45, 2.75) is 45.3 Å². The van der Waals surface area contributed by atoms with E-state index in [9.17, 15) is 9.59 Å². The first-order valence-corrected chi connectivity index (χ1v) is 11.4. The molecule has 0 bridgehead atoms.